The summed E-state index contributed by atoms with van der Waals surface area (Å²) in [5.41, 5.74) is 2.65. The summed E-state index contributed by atoms with van der Waals surface area (Å²) in [5.74, 6) is 0.569. The van der Waals surface area contributed by atoms with Gasteiger partial charge in [0.05, 0.1) is 22.9 Å². The molecular formula is C18H20N2O3S2. The van der Waals surface area contributed by atoms with Crippen molar-refractivity contribution in [2.24, 2.45) is 0 Å². The number of hydrogen-bond donors (Lipinski definition) is 0. The summed E-state index contributed by atoms with van der Waals surface area (Å²) < 4.78 is 6.69. The van der Waals surface area contributed by atoms with E-state index >= 15 is 0 Å². The molecule has 132 valence electrons. The monoisotopic (exact) mass is 376 g/mol. The minimum Gasteiger partial charge on any atom is -0.465 e. The maximum absolute atomic E-state index is 13.0. The lowest BCUT2D eigenvalue weighted by atomic mass is 10.2. The van der Waals surface area contributed by atoms with Crippen LogP contribution >= 0.6 is 23.5 Å². The highest BCUT2D eigenvalue weighted by atomic mass is 32.2. The predicted molar refractivity (Wildman–Crippen MR) is 101 cm³/mol. The molecule has 5 nitrogen and oxygen atoms in total. The van der Waals surface area contributed by atoms with E-state index in [9.17, 15) is 9.59 Å². The van der Waals surface area contributed by atoms with Crippen LogP contribution in [-0.2, 0) is 16.0 Å². The number of carbonyl (C=O) groups excluding carboxylic acids is 1. The Morgan fingerprint density at radius 3 is 2.80 bits per heavy atom. The Morgan fingerprint density at radius 1 is 1.40 bits per heavy atom. The molecule has 0 radical (unpaired) electrons. The van der Waals surface area contributed by atoms with Crippen molar-refractivity contribution in [3.8, 4) is 5.69 Å². The molecule has 0 saturated carbocycles. The van der Waals surface area contributed by atoms with E-state index < -0.39 is 5.25 Å². The molecule has 0 fully saturated rings. The maximum Gasteiger partial charge on any atom is 0.319 e. The van der Waals surface area contributed by atoms with Crippen molar-refractivity contribution in [2.75, 3.05) is 12.4 Å². The third-order valence-electron chi connectivity index (χ3n) is 3.86. The molecule has 0 bridgehead atoms. The van der Waals surface area contributed by atoms with E-state index in [0.717, 1.165) is 29.1 Å². The Bertz CT molecular complexity index is 847. The second-order valence-electron chi connectivity index (χ2n) is 5.76. The largest absolute Gasteiger partial charge is 0.465 e. The van der Waals surface area contributed by atoms with E-state index in [2.05, 4.69) is 0 Å². The molecular weight excluding hydrogens is 356 g/mol. The summed E-state index contributed by atoms with van der Waals surface area (Å²) in [7, 11) is 0. The number of benzene rings is 1. The molecule has 2 aromatic rings. The number of aromatic nitrogens is 2. The number of hydrogen-bond acceptors (Lipinski definition) is 6. The Hall–Kier alpha value is -1.73. The van der Waals surface area contributed by atoms with Gasteiger partial charge in [0.15, 0.2) is 5.16 Å². The fraction of sp³-hybridized carbons (Fsp3) is 0.389. The number of esters is 1. The van der Waals surface area contributed by atoms with Crippen molar-refractivity contribution < 1.29 is 9.53 Å². The molecule has 25 heavy (non-hydrogen) atoms. The number of nitrogens with zero attached hydrogens (tertiary/aromatic N) is 2. The third kappa shape index (κ3) is 3.77. The summed E-state index contributed by atoms with van der Waals surface area (Å²) in [4.78, 5) is 30.4. The van der Waals surface area contributed by atoms with Crippen molar-refractivity contribution in [3.63, 3.8) is 0 Å². The summed E-state index contributed by atoms with van der Waals surface area (Å²) in [6, 6.07) is 7.74. The smallest absolute Gasteiger partial charge is 0.319 e. The van der Waals surface area contributed by atoms with Gasteiger partial charge in [-0.3, -0.25) is 14.2 Å². The third-order valence-corrected chi connectivity index (χ3v) is 6.00. The fourth-order valence-corrected chi connectivity index (χ4v) is 4.52. The lowest BCUT2D eigenvalue weighted by Gasteiger charge is -2.16. The van der Waals surface area contributed by atoms with Crippen LogP contribution in [0.4, 0.5) is 0 Å². The normalized spacial score (nSPS) is 14.2. The predicted octanol–water partition coefficient (Wildman–Crippen LogP) is 3.23. The number of carbonyl (C=O) groups is 1. The van der Waals surface area contributed by atoms with Crippen molar-refractivity contribution in [2.45, 2.75) is 42.5 Å². The van der Waals surface area contributed by atoms with Crippen molar-refractivity contribution >= 4 is 29.5 Å². The summed E-state index contributed by atoms with van der Waals surface area (Å²) in [6.45, 7) is 5.89. The van der Waals surface area contributed by atoms with Crippen molar-refractivity contribution in [1.82, 2.24) is 9.55 Å². The Balaban J connectivity index is 2.07. The first kappa shape index (κ1) is 18.1. The standard InChI is InChI=1S/C18H20N2O3S2/c1-4-23-17(22)12(3)25-18-19-14-9-10-24-15(14)16(21)20(18)13-7-5-11(2)6-8-13/h5-8,12H,4,9-10H2,1-3H3/t12-/m0/s1. The Morgan fingerprint density at radius 2 is 2.12 bits per heavy atom. The van der Waals surface area contributed by atoms with Crippen LogP contribution in [0.2, 0.25) is 0 Å². The van der Waals surface area contributed by atoms with Gasteiger partial charge in [0.2, 0.25) is 0 Å². The molecule has 7 heteroatoms. The minimum atomic E-state index is -0.435. The molecule has 0 N–H and O–H groups in total. The van der Waals surface area contributed by atoms with Crippen LogP contribution in [0.15, 0.2) is 39.1 Å². The number of rotatable bonds is 5. The van der Waals surface area contributed by atoms with E-state index in [1.54, 1.807) is 30.2 Å². The highest BCUT2D eigenvalue weighted by Crippen LogP contribution is 2.31. The first-order chi connectivity index (χ1) is 12.0. The lowest BCUT2D eigenvalue weighted by Crippen LogP contribution is -2.26. The van der Waals surface area contributed by atoms with Gasteiger partial charge in [-0.2, -0.15) is 0 Å². The van der Waals surface area contributed by atoms with Crippen LogP contribution in [0.5, 0.6) is 0 Å². The highest BCUT2D eigenvalue weighted by molar-refractivity contribution is 8.00. The van der Waals surface area contributed by atoms with E-state index in [-0.39, 0.29) is 11.5 Å². The van der Waals surface area contributed by atoms with Crippen molar-refractivity contribution in [1.29, 1.82) is 0 Å². The molecule has 1 atom stereocenters. The number of thioether (sulfide) groups is 2. The van der Waals surface area contributed by atoms with Gasteiger partial charge in [-0.15, -0.1) is 11.8 Å². The van der Waals surface area contributed by atoms with E-state index in [1.807, 2.05) is 31.2 Å². The molecule has 2 heterocycles. The molecule has 0 amide bonds. The molecule has 1 aromatic carbocycles. The fourth-order valence-electron chi connectivity index (χ4n) is 2.56. The van der Waals surface area contributed by atoms with Crippen LogP contribution in [0.1, 0.15) is 25.1 Å². The molecule has 1 aliphatic rings. The molecule has 0 saturated heterocycles. The van der Waals surface area contributed by atoms with Gasteiger partial charge in [0.1, 0.15) is 5.25 Å². The molecule has 1 aliphatic heterocycles. The zero-order chi connectivity index (χ0) is 18.0. The minimum absolute atomic E-state index is 0.0603. The lowest BCUT2D eigenvalue weighted by molar-refractivity contribution is -0.142. The molecule has 3 rings (SSSR count). The van der Waals surface area contributed by atoms with E-state index in [4.69, 9.17) is 9.72 Å². The zero-order valence-electron chi connectivity index (χ0n) is 14.4. The molecule has 0 unspecified atom stereocenters. The van der Waals surface area contributed by atoms with E-state index in [0.29, 0.717) is 16.7 Å². The van der Waals surface area contributed by atoms with Crippen molar-refractivity contribution in [3.05, 3.63) is 45.9 Å². The van der Waals surface area contributed by atoms with Crippen LogP contribution < -0.4 is 5.56 Å². The molecule has 1 aromatic heterocycles. The van der Waals surface area contributed by atoms with Gasteiger partial charge < -0.3 is 4.74 Å². The van der Waals surface area contributed by atoms with Gasteiger partial charge in [-0.1, -0.05) is 29.5 Å². The van der Waals surface area contributed by atoms with E-state index in [1.165, 1.54) is 11.8 Å². The van der Waals surface area contributed by atoms with Gasteiger partial charge in [-0.05, 0) is 32.9 Å². The summed E-state index contributed by atoms with van der Waals surface area (Å²) in [6.07, 6.45) is 0.783. The van der Waals surface area contributed by atoms with Gasteiger partial charge in [0.25, 0.3) is 5.56 Å². The van der Waals surface area contributed by atoms with Crippen LogP contribution in [0.25, 0.3) is 5.69 Å². The SMILES string of the molecule is CCOC(=O)[C@H](C)Sc1nc2c(c(=O)n1-c1ccc(C)cc1)SCC2. The quantitative estimate of drug-likeness (QED) is 0.454. The van der Waals surface area contributed by atoms with Gasteiger partial charge in [0, 0.05) is 12.2 Å². The topological polar surface area (TPSA) is 61.2 Å². The Labute approximate surface area is 155 Å². The average Bonchev–Trinajstić information content (AvgIpc) is 3.05. The zero-order valence-corrected chi connectivity index (χ0v) is 16.1. The second-order valence-corrected chi connectivity index (χ2v) is 8.17. The summed E-state index contributed by atoms with van der Waals surface area (Å²) in [5, 5.41) is 0.103. The van der Waals surface area contributed by atoms with Crippen LogP contribution in [0, 0.1) is 6.92 Å². The maximum atomic E-state index is 13.0. The highest BCUT2D eigenvalue weighted by Gasteiger charge is 2.25. The first-order valence-electron chi connectivity index (χ1n) is 8.20. The second kappa shape index (κ2) is 7.66. The Kier molecular flexibility index (Phi) is 5.54. The van der Waals surface area contributed by atoms with Crippen LogP contribution in [-0.4, -0.2) is 33.1 Å². The molecule has 0 spiro atoms. The number of aryl methyl sites for hydroxylation is 2. The molecule has 0 aliphatic carbocycles. The van der Waals surface area contributed by atoms with Crippen LogP contribution in [0.3, 0.4) is 0 Å². The van der Waals surface area contributed by atoms with Gasteiger partial charge >= 0.3 is 5.97 Å². The number of fused-ring (bicyclic) bond motifs is 1. The number of ether oxygens (including phenoxy) is 1. The average molecular weight is 377 g/mol. The van der Waals surface area contributed by atoms with Gasteiger partial charge in [-0.25, -0.2) is 4.98 Å². The first-order valence-corrected chi connectivity index (χ1v) is 10.1. The summed E-state index contributed by atoms with van der Waals surface area (Å²) >= 11 is 2.82.